The fourth-order valence-electron chi connectivity index (χ4n) is 3.01. The highest BCUT2D eigenvalue weighted by Crippen LogP contribution is 2.26. The van der Waals surface area contributed by atoms with Crippen LogP contribution in [0.4, 0.5) is 5.69 Å². The number of sulfone groups is 1. The average Bonchev–Trinajstić information content (AvgIpc) is 3.01. The summed E-state index contributed by atoms with van der Waals surface area (Å²) in [7, 11) is -3.30. The summed E-state index contributed by atoms with van der Waals surface area (Å²) in [4.78, 5) is 14.5. The molecule has 0 aromatic heterocycles. The Kier molecular flexibility index (Phi) is 6.25. The van der Waals surface area contributed by atoms with E-state index in [2.05, 4.69) is 29.8 Å². The van der Waals surface area contributed by atoms with Gasteiger partial charge in [0.1, 0.15) is 5.75 Å². The van der Waals surface area contributed by atoms with Gasteiger partial charge in [0, 0.05) is 15.6 Å². The van der Waals surface area contributed by atoms with E-state index in [-0.39, 0.29) is 18.3 Å². The summed E-state index contributed by atoms with van der Waals surface area (Å²) in [5.41, 5.74) is 1.80. The molecule has 2 aromatic rings. The lowest BCUT2D eigenvalue weighted by Gasteiger charge is -2.28. The van der Waals surface area contributed by atoms with Crippen LogP contribution >= 0.6 is 15.9 Å². The molecule has 0 N–H and O–H groups in total. The number of hydrogen-bond donors (Lipinski definition) is 0. The highest BCUT2D eigenvalue weighted by Gasteiger charge is 2.31. The first kappa shape index (κ1) is 20.6. The molecule has 148 valence electrons. The topological polar surface area (TPSA) is 63.7 Å². The minimum atomic E-state index is -3.30. The Balaban J connectivity index is 1.82. The summed E-state index contributed by atoms with van der Waals surface area (Å²) in [5, 5.41) is 1.18. The highest BCUT2D eigenvalue weighted by atomic mass is 79.9. The van der Waals surface area contributed by atoms with Gasteiger partial charge in [0.2, 0.25) is 0 Å². The molecule has 7 heteroatoms. The van der Waals surface area contributed by atoms with Crippen molar-refractivity contribution in [2.24, 2.45) is 0 Å². The lowest BCUT2D eigenvalue weighted by molar-refractivity contribution is -0.120. The second-order valence-electron chi connectivity index (χ2n) is 6.98. The van der Waals surface area contributed by atoms with E-state index < -0.39 is 15.9 Å². The Labute approximate surface area is 174 Å². The fourth-order valence-corrected chi connectivity index (χ4v) is 4.54. The lowest BCUT2D eigenvalue weighted by Crippen LogP contribution is -2.43. The molecule has 1 aliphatic rings. The Hall–Kier alpha value is -2.12. The van der Waals surface area contributed by atoms with Gasteiger partial charge in [0.15, 0.2) is 16.4 Å². The Morgan fingerprint density at radius 2 is 1.79 bits per heavy atom. The molecule has 2 aromatic carbocycles. The molecule has 0 saturated carbocycles. The van der Waals surface area contributed by atoms with Gasteiger partial charge in [-0.25, -0.2) is 8.42 Å². The molecule has 0 fully saturated rings. The molecule has 0 aliphatic carbocycles. The number of ether oxygens (including phenoxy) is 1. The molecular weight excluding hydrogens is 442 g/mol. The lowest BCUT2D eigenvalue weighted by atomic mass is 10.0. The number of amides is 1. The maximum Gasteiger partial charge on any atom is 0.265 e. The van der Waals surface area contributed by atoms with Gasteiger partial charge >= 0.3 is 0 Å². The normalized spacial score (nSPS) is 17.6. The number of nitrogens with zero attached hydrogens (tertiary/aromatic N) is 1. The largest absolute Gasteiger partial charge is 0.484 e. The van der Waals surface area contributed by atoms with Crippen molar-refractivity contribution in [1.82, 2.24) is 0 Å². The molecule has 28 heavy (non-hydrogen) atoms. The third kappa shape index (κ3) is 5.02. The van der Waals surface area contributed by atoms with Crippen molar-refractivity contribution < 1.29 is 17.9 Å². The SMILES string of the molecule is CC(C)c1ccc(N(C(=O)COc2ccc(Br)cc2)[C@H]2C=CS(=O)(=O)C2)cc1. The quantitative estimate of drug-likeness (QED) is 0.640. The molecule has 1 amide bonds. The Bertz CT molecular complexity index is 966. The van der Waals surface area contributed by atoms with Crippen molar-refractivity contribution in [1.29, 1.82) is 0 Å². The van der Waals surface area contributed by atoms with E-state index in [4.69, 9.17) is 4.74 Å². The minimum Gasteiger partial charge on any atom is -0.484 e. The van der Waals surface area contributed by atoms with Crippen LogP contribution in [0, 0.1) is 0 Å². The average molecular weight is 464 g/mol. The maximum absolute atomic E-state index is 13.0. The number of rotatable bonds is 6. The third-order valence-corrected chi connectivity index (χ3v) is 6.43. The van der Waals surface area contributed by atoms with Crippen LogP contribution in [0.15, 0.2) is 64.5 Å². The predicted molar refractivity (Wildman–Crippen MR) is 114 cm³/mol. The summed E-state index contributed by atoms with van der Waals surface area (Å²) < 4.78 is 30.3. The molecule has 0 saturated heterocycles. The monoisotopic (exact) mass is 463 g/mol. The predicted octanol–water partition coefficient (Wildman–Crippen LogP) is 4.30. The standard InChI is InChI=1S/C21H22BrNO4S/c1-15(2)16-3-7-18(8-4-16)23(19-11-12-28(25,26)14-19)21(24)13-27-20-9-5-17(22)6-10-20/h3-12,15,19H,13-14H2,1-2H3/t19-/m0/s1. The van der Waals surface area contributed by atoms with Gasteiger partial charge < -0.3 is 9.64 Å². The maximum atomic E-state index is 13.0. The van der Waals surface area contributed by atoms with Gasteiger partial charge in [0.05, 0.1) is 11.8 Å². The zero-order valence-electron chi connectivity index (χ0n) is 15.7. The molecule has 1 heterocycles. The summed E-state index contributed by atoms with van der Waals surface area (Å²) in [5.74, 6) is 0.516. The molecule has 5 nitrogen and oxygen atoms in total. The first-order chi connectivity index (χ1) is 13.2. The molecule has 1 atom stereocenters. The molecule has 3 rings (SSSR count). The number of carbonyl (C=O) groups excluding carboxylic acids is 1. The number of halogens is 1. The third-order valence-electron chi connectivity index (χ3n) is 4.53. The fraction of sp³-hybridized carbons (Fsp3) is 0.286. The first-order valence-corrected chi connectivity index (χ1v) is 11.5. The van der Waals surface area contributed by atoms with Crippen molar-refractivity contribution in [2.45, 2.75) is 25.8 Å². The first-order valence-electron chi connectivity index (χ1n) is 8.96. The molecule has 1 aliphatic heterocycles. The Morgan fingerprint density at radius 1 is 1.14 bits per heavy atom. The van der Waals surface area contributed by atoms with E-state index in [9.17, 15) is 13.2 Å². The van der Waals surface area contributed by atoms with Crippen LogP contribution in [0.5, 0.6) is 5.75 Å². The van der Waals surface area contributed by atoms with Gasteiger partial charge in [0.25, 0.3) is 5.91 Å². The van der Waals surface area contributed by atoms with Crippen molar-refractivity contribution in [3.63, 3.8) is 0 Å². The molecule has 0 bridgehead atoms. The van der Waals surface area contributed by atoms with E-state index in [1.165, 1.54) is 10.3 Å². The summed E-state index contributed by atoms with van der Waals surface area (Å²) >= 11 is 3.36. The number of carbonyl (C=O) groups is 1. The highest BCUT2D eigenvalue weighted by molar-refractivity contribution is 9.10. The number of hydrogen-bond acceptors (Lipinski definition) is 4. The summed E-state index contributed by atoms with van der Waals surface area (Å²) in [6.07, 6.45) is 1.56. The van der Waals surface area contributed by atoms with Crippen LogP contribution in [-0.2, 0) is 14.6 Å². The van der Waals surface area contributed by atoms with E-state index in [1.807, 2.05) is 36.4 Å². The van der Waals surface area contributed by atoms with Gasteiger partial charge in [-0.3, -0.25) is 4.79 Å². The molecule has 0 unspecified atom stereocenters. The van der Waals surface area contributed by atoms with Gasteiger partial charge in [-0.2, -0.15) is 0 Å². The number of benzene rings is 2. The van der Waals surface area contributed by atoms with Crippen LogP contribution in [0.2, 0.25) is 0 Å². The summed E-state index contributed by atoms with van der Waals surface area (Å²) in [6.45, 7) is 4.00. The second-order valence-corrected chi connectivity index (χ2v) is 9.82. The van der Waals surface area contributed by atoms with Gasteiger partial charge in [-0.05, 0) is 54.0 Å². The van der Waals surface area contributed by atoms with Crippen molar-refractivity contribution in [3.05, 3.63) is 70.1 Å². The van der Waals surface area contributed by atoms with Crippen molar-refractivity contribution in [2.75, 3.05) is 17.3 Å². The van der Waals surface area contributed by atoms with E-state index >= 15 is 0 Å². The van der Waals surface area contributed by atoms with E-state index in [1.54, 1.807) is 18.2 Å². The van der Waals surface area contributed by atoms with Crippen molar-refractivity contribution >= 4 is 37.4 Å². The number of anilines is 1. The molecule has 0 spiro atoms. The van der Waals surface area contributed by atoms with Gasteiger partial charge in [-0.15, -0.1) is 0 Å². The van der Waals surface area contributed by atoms with Gasteiger partial charge in [-0.1, -0.05) is 41.9 Å². The molecule has 0 radical (unpaired) electrons. The van der Waals surface area contributed by atoms with Crippen LogP contribution in [0.1, 0.15) is 25.3 Å². The zero-order valence-corrected chi connectivity index (χ0v) is 18.1. The van der Waals surface area contributed by atoms with Crippen LogP contribution in [-0.4, -0.2) is 32.7 Å². The molecular formula is C21H22BrNO4S. The van der Waals surface area contributed by atoms with Crippen LogP contribution in [0.3, 0.4) is 0 Å². The minimum absolute atomic E-state index is 0.122. The van der Waals surface area contributed by atoms with Crippen LogP contribution in [0.25, 0.3) is 0 Å². The summed E-state index contributed by atoms with van der Waals surface area (Å²) in [6, 6.07) is 14.3. The zero-order chi connectivity index (χ0) is 20.3. The Morgan fingerprint density at radius 3 is 2.32 bits per heavy atom. The smallest absolute Gasteiger partial charge is 0.265 e. The van der Waals surface area contributed by atoms with Crippen LogP contribution < -0.4 is 9.64 Å². The second kappa shape index (κ2) is 8.49. The van der Waals surface area contributed by atoms with Crippen molar-refractivity contribution in [3.8, 4) is 5.75 Å². The van der Waals surface area contributed by atoms with E-state index in [0.717, 1.165) is 10.0 Å². The van der Waals surface area contributed by atoms with E-state index in [0.29, 0.717) is 17.4 Å².